The highest BCUT2D eigenvalue weighted by Crippen LogP contribution is 2.39. The highest BCUT2D eigenvalue weighted by molar-refractivity contribution is 7.07. The summed E-state index contributed by atoms with van der Waals surface area (Å²) >= 11 is 7.64. The predicted octanol–water partition coefficient (Wildman–Crippen LogP) is 4.62. The maximum Gasteiger partial charge on any atom is 0.338 e. The molecule has 0 spiro atoms. The van der Waals surface area contributed by atoms with Gasteiger partial charge in [0.05, 0.1) is 61.9 Å². The standard InChI is InChI=1S/C32H29ClN2O7S/c1-6-42-31(37)26-27(19-10-8-7-9-11-19)34-32-35(28(26)20-12-13-22(38-2)23(17-20)39-3)30(36)25(43-32)16-18-14-21(33)29(41-5)24(15-18)40-4/h7-17,28H,6H2,1-5H3/b25-16-/t28-/m1/s1. The van der Waals surface area contributed by atoms with E-state index in [1.807, 2.05) is 30.3 Å². The minimum Gasteiger partial charge on any atom is -0.493 e. The van der Waals surface area contributed by atoms with E-state index in [0.717, 1.165) is 0 Å². The number of thiazole rings is 1. The third-order valence-corrected chi connectivity index (χ3v) is 8.11. The zero-order valence-electron chi connectivity index (χ0n) is 24.2. The van der Waals surface area contributed by atoms with Gasteiger partial charge in [0.1, 0.15) is 0 Å². The Hall–Kier alpha value is -4.54. The van der Waals surface area contributed by atoms with Crippen LogP contribution in [0.3, 0.4) is 0 Å². The van der Waals surface area contributed by atoms with Crippen LogP contribution in [0.15, 0.2) is 76.0 Å². The van der Waals surface area contributed by atoms with E-state index in [0.29, 0.717) is 59.7 Å². The number of hydrogen-bond acceptors (Lipinski definition) is 9. The van der Waals surface area contributed by atoms with Gasteiger partial charge in [-0.25, -0.2) is 9.79 Å². The first-order valence-corrected chi connectivity index (χ1v) is 14.5. The molecule has 0 aliphatic carbocycles. The summed E-state index contributed by atoms with van der Waals surface area (Å²) in [6.07, 6.45) is 1.71. The van der Waals surface area contributed by atoms with E-state index in [9.17, 15) is 9.59 Å². The molecule has 2 heterocycles. The Morgan fingerprint density at radius 1 is 0.953 bits per heavy atom. The molecule has 222 valence electrons. The molecule has 0 amide bonds. The van der Waals surface area contributed by atoms with Gasteiger partial charge in [0.2, 0.25) is 0 Å². The molecular weight excluding hydrogens is 592 g/mol. The first-order chi connectivity index (χ1) is 20.8. The van der Waals surface area contributed by atoms with Gasteiger partial charge in [0, 0.05) is 5.56 Å². The van der Waals surface area contributed by atoms with Crippen LogP contribution in [0.5, 0.6) is 23.0 Å². The van der Waals surface area contributed by atoms with Gasteiger partial charge in [-0.15, -0.1) is 0 Å². The third kappa shape index (κ3) is 5.63. The summed E-state index contributed by atoms with van der Waals surface area (Å²) in [6, 6.07) is 17.2. The Bertz CT molecular complexity index is 1900. The van der Waals surface area contributed by atoms with Crippen molar-refractivity contribution in [1.29, 1.82) is 0 Å². The zero-order chi connectivity index (χ0) is 30.7. The van der Waals surface area contributed by atoms with Crippen molar-refractivity contribution >= 4 is 40.7 Å². The molecule has 0 N–H and O–H groups in total. The topological polar surface area (TPSA) is 97.6 Å². The van der Waals surface area contributed by atoms with E-state index in [2.05, 4.69) is 0 Å². The van der Waals surface area contributed by atoms with Crippen molar-refractivity contribution in [2.45, 2.75) is 13.0 Å². The number of esters is 1. The lowest BCUT2D eigenvalue weighted by Crippen LogP contribution is -2.40. The summed E-state index contributed by atoms with van der Waals surface area (Å²) in [7, 11) is 6.08. The molecule has 1 aliphatic rings. The summed E-state index contributed by atoms with van der Waals surface area (Å²) < 4.78 is 29.2. The van der Waals surface area contributed by atoms with Gasteiger partial charge in [-0.05, 0) is 48.4 Å². The van der Waals surface area contributed by atoms with Crippen molar-refractivity contribution in [3.8, 4) is 23.0 Å². The first-order valence-electron chi connectivity index (χ1n) is 13.3. The maximum absolute atomic E-state index is 14.2. The highest BCUT2D eigenvalue weighted by atomic mass is 35.5. The summed E-state index contributed by atoms with van der Waals surface area (Å²) in [5, 5.41) is 0.333. The normalized spacial score (nSPS) is 14.6. The molecule has 1 aliphatic heterocycles. The van der Waals surface area contributed by atoms with Crippen molar-refractivity contribution in [3.63, 3.8) is 0 Å². The second-order valence-electron chi connectivity index (χ2n) is 9.28. The Balaban J connectivity index is 1.83. The molecule has 0 saturated carbocycles. The largest absolute Gasteiger partial charge is 0.493 e. The number of hydrogen-bond donors (Lipinski definition) is 0. The van der Waals surface area contributed by atoms with Gasteiger partial charge in [-0.2, -0.15) is 0 Å². The van der Waals surface area contributed by atoms with E-state index in [-0.39, 0.29) is 17.7 Å². The second-order valence-corrected chi connectivity index (χ2v) is 10.7. The predicted molar refractivity (Wildman–Crippen MR) is 165 cm³/mol. The quantitative estimate of drug-likeness (QED) is 0.252. The fraction of sp³-hybridized carbons (Fsp3) is 0.219. The lowest BCUT2D eigenvalue weighted by molar-refractivity contribution is -0.138. The Kier molecular flexibility index (Phi) is 8.89. The lowest BCUT2D eigenvalue weighted by Gasteiger charge is -2.26. The number of carbonyl (C=O) groups is 1. The fourth-order valence-electron chi connectivity index (χ4n) is 4.95. The lowest BCUT2D eigenvalue weighted by atomic mass is 9.93. The number of carbonyl (C=O) groups excluding carboxylic acids is 1. The Morgan fingerprint density at radius 3 is 2.33 bits per heavy atom. The molecule has 0 radical (unpaired) electrons. The summed E-state index contributed by atoms with van der Waals surface area (Å²) in [5.74, 6) is 1.19. The molecule has 5 rings (SSSR count). The van der Waals surface area contributed by atoms with Gasteiger partial charge in [-0.1, -0.05) is 59.3 Å². The molecule has 9 nitrogen and oxygen atoms in total. The molecule has 3 aromatic carbocycles. The van der Waals surface area contributed by atoms with E-state index < -0.39 is 12.0 Å². The average molecular weight is 621 g/mol. The van der Waals surface area contributed by atoms with Gasteiger partial charge in [-0.3, -0.25) is 9.36 Å². The molecule has 1 atom stereocenters. The van der Waals surface area contributed by atoms with Crippen LogP contribution in [0.25, 0.3) is 11.8 Å². The van der Waals surface area contributed by atoms with E-state index >= 15 is 0 Å². The molecule has 4 aromatic rings. The monoisotopic (exact) mass is 620 g/mol. The van der Waals surface area contributed by atoms with Crippen LogP contribution >= 0.6 is 22.9 Å². The zero-order valence-corrected chi connectivity index (χ0v) is 25.7. The molecule has 0 bridgehead atoms. The Morgan fingerprint density at radius 2 is 1.67 bits per heavy atom. The van der Waals surface area contributed by atoms with Crippen LogP contribution in [0, 0.1) is 0 Å². The molecule has 43 heavy (non-hydrogen) atoms. The number of aromatic nitrogens is 1. The third-order valence-electron chi connectivity index (χ3n) is 6.85. The highest BCUT2D eigenvalue weighted by Gasteiger charge is 2.35. The number of fused-ring (bicyclic) bond motifs is 1. The second kappa shape index (κ2) is 12.8. The fourth-order valence-corrected chi connectivity index (χ4v) is 6.25. The van der Waals surface area contributed by atoms with Crippen molar-refractivity contribution in [1.82, 2.24) is 4.57 Å². The first kappa shape index (κ1) is 29.9. The van der Waals surface area contributed by atoms with E-state index in [1.54, 1.807) is 50.4 Å². The molecule has 11 heteroatoms. The van der Waals surface area contributed by atoms with Crippen LogP contribution < -0.4 is 33.8 Å². The minimum absolute atomic E-state index is 0.146. The van der Waals surface area contributed by atoms with E-state index in [1.165, 1.54) is 37.2 Å². The van der Waals surface area contributed by atoms with Gasteiger partial charge in [0.25, 0.3) is 5.56 Å². The van der Waals surface area contributed by atoms with Crippen LogP contribution in [0.2, 0.25) is 5.02 Å². The molecule has 0 unspecified atom stereocenters. The minimum atomic E-state index is -0.874. The number of ether oxygens (including phenoxy) is 5. The van der Waals surface area contributed by atoms with Crippen LogP contribution in [-0.4, -0.2) is 45.6 Å². The Labute approximate surface area is 256 Å². The number of rotatable bonds is 9. The van der Waals surface area contributed by atoms with Crippen molar-refractivity contribution in [2.75, 3.05) is 35.0 Å². The molecule has 0 fully saturated rings. The molecule has 0 saturated heterocycles. The van der Waals surface area contributed by atoms with Crippen molar-refractivity contribution < 1.29 is 28.5 Å². The van der Waals surface area contributed by atoms with Gasteiger partial charge in [0.15, 0.2) is 27.8 Å². The van der Waals surface area contributed by atoms with Crippen molar-refractivity contribution in [3.05, 3.63) is 108 Å². The molecular formula is C32H29ClN2O7S. The average Bonchev–Trinajstić information content (AvgIpc) is 3.33. The van der Waals surface area contributed by atoms with Crippen molar-refractivity contribution in [2.24, 2.45) is 4.99 Å². The number of halogens is 1. The smallest absolute Gasteiger partial charge is 0.338 e. The summed E-state index contributed by atoms with van der Waals surface area (Å²) in [4.78, 5) is 33.1. The summed E-state index contributed by atoms with van der Waals surface area (Å²) in [6.45, 7) is 1.88. The van der Waals surface area contributed by atoms with E-state index in [4.69, 9.17) is 40.3 Å². The SMILES string of the molecule is CCOC(=O)C1=C(c2ccccc2)N=c2s/c(=C\c3cc(Cl)c(OC)c(OC)c3)c(=O)n2[C@@H]1c1ccc(OC)c(OC)c1. The van der Waals surface area contributed by atoms with Crippen LogP contribution in [-0.2, 0) is 9.53 Å². The van der Waals surface area contributed by atoms with Crippen LogP contribution in [0.4, 0.5) is 0 Å². The van der Waals surface area contributed by atoms with Gasteiger partial charge >= 0.3 is 5.97 Å². The number of nitrogens with zero attached hydrogens (tertiary/aromatic N) is 2. The van der Waals surface area contributed by atoms with Crippen LogP contribution in [0.1, 0.15) is 29.7 Å². The molecule has 1 aromatic heterocycles. The maximum atomic E-state index is 14.2. The van der Waals surface area contributed by atoms with Gasteiger partial charge < -0.3 is 23.7 Å². The number of methoxy groups -OCH3 is 4. The summed E-state index contributed by atoms with van der Waals surface area (Å²) in [5.41, 5.74) is 2.26. The number of benzene rings is 3.